The van der Waals surface area contributed by atoms with E-state index in [2.05, 4.69) is 31.2 Å². The first-order valence-corrected chi connectivity index (χ1v) is 2.64. The molecule has 0 heterocycles. The van der Waals surface area contributed by atoms with Gasteiger partial charge in [0.05, 0.1) is 0 Å². The molecule has 0 saturated heterocycles. The van der Waals surface area contributed by atoms with Gasteiger partial charge in [-0.05, 0) is 0 Å². The minimum Gasteiger partial charge on any atom is -0.213 e. The normalized spacial score (nSPS) is 8.12. The van der Waals surface area contributed by atoms with E-state index < -0.39 is 0 Å². The molecule has 0 aliphatic heterocycles. The standard InChI is InChI=1S/C7H9.Y/c1-2-7-5-3-4-6-7;/h3-6H,2H2,1H3;/q-1;. The minimum absolute atomic E-state index is 0. The summed E-state index contributed by atoms with van der Waals surface area (Å²) in [4.78, 5) is 0. The molecule has 1 heteroatoms. The molecule has 0 saturated carbocycles. The van der Waals surface area contributed by atoms with Crippen LogP contribution in [0.4, 0.5) is 0 Å². The molecule has 0 aliphatic rings. The molecule has 0 spiro atoms. The summed E-state index contributed by atoms with van der Waals surface area (Å²) in [6.07, 6.45) is 1.16. The van der Waals surface area contributed by atoms with E-state index in [0.29, 0.717) is 0 Å². The van der Waals surface area contributed by atoms with Gasteiger partial charge in [0.15, 0.2) is 0 Å². The summed E-state index contributed by atoms with van der Waals surface area (Å²) in [5, 5.41) is 0. The molecule has 8 heavy (non-hydrogen) atoms. The van der Waals surface area contributed by atoms with Gasteiger partial charge in [0.1, 0.15) is 0 Å². The maximum absolute atomic E-state index is 2.16. The summed E-state index contributed by atoms with van der Waals surface area (Å²) in [5.41, 5.74) is 1.43. The van der Waals surface area contributed by atoms with Crippen molar-refractivity contribution in [1.29, 1.82) is 0 Å². The molecule has 41 valence electrons. The maximum atomic E-state index is 2.16. The molecule has 0 aliphatic carbocycles. The Labute approximate surface area is 75.5 Å². The SMILES string of the molecule is CC[c-]1cccc1.[Y]. The van der Waals surface area contributed by atoms with Crippen molar-refractivity contribution in [2.45, 2.75) is 13.3 Å². The fourth-order valence-corrected chi connectivity index (χ4v) is 0.650. The number of aryl methyl sites for hydroxylation is 1. The van der Waals surface area contributed by atoms with Gasteiger partial charge < -0.3 is 0 Å². The molecule has 0 N–H and O–H groups in total. The van der Waals surface area contributed by atoms with Crippen molar-refractivity contribution in [3.05, 3.63) is 29.8 Å². The Bertz CT molecular complexity index is 119. The van der Waals surface area contributed by atoms with Gasteiger partial charge in [-0.25, -0.2) is 12.1 Å². The molecule has 0 fully saturated rings. The van der Waals surface area contributed by atoms with Crippen molar-refractivity contribution < 1.29 is 32.7 Å². The molecule has 0 atom stereocenters. The van der Waals surface area contributed by atoms with Crippen LogP contribution in [0.2, 0.25) is 0 Å². The smallest absolute Gasteiger partial charge is 0 e. The first kappa shape index (κ1) is 8.45. The second-order valence-electron chi connectivity index (χ2n) is 1.65. The van der Waals surface area contributed by atoms with Gasteiger partial charge >= 0.3 is 0 Å². The summed E-state index contributed by atoms with van der Waals surface area (Å²) >= 11 is 0. The first-order chi connectivity index (χ1) is 3.43. The average Bonchev–Trinajstić information content (AvgIpc) is 2.14. The molecular formula is C7H9Y-. The van der Waals surface area contributed by atoms with Gasteiger partial charge in [-0.1, -0.05) is 13.3 Å². The predicted molar refractivity (Wildman–Crippen MR) is 31.4 cm³/mol. The van der Waals surface area contributed by atoms with Crippen LogP contribution in [0, 0.1) is 0 Å². The van der Waals surface area contributed by atoms with E-state index in [4.69, 9.17) is 0 Å². The van der Waals surface area contributed by atoms with Crippen LogP contribution in [0.3, 0.4) is 0 Å². The van der Waals surface area contributed by atoms with Crippen LogP contribution in [-0.2, 0) is 39.1 Å². The van der Waals surface area contributed by atoms with E-state index in [1.54, 1.807) is 0 Å². The monoisotopic (exact) mass is 182 g/mol. The Hall–Kier alpha value is 0.454. The third-order valence-electron chi connectivity index (χ3n) is 1.14. The Morgan fingerprint density at radius 3 is 2.00 bits per heavy atom. The number of hydrogen-bond donors (Lipinski definition) is 0. The molecular weight excluding hydrogens is 173 g/mol. The van der Waals surface area contributed by atoms with Crippen molar-refractivity contribution in [3.63, 3.8) is 0 Å². The third kappa shape index (κ3) is 2.15. The van der Waals surface area contributed by atoms with E-state index in [-0.39, 0.29) is 32.7 Å². The van der Waals surface area contributed by atoms with Crippen LogP contribution < -0.4 is 0 Å². The summed E-state index contributed by atoms with van der Waals surface area (Å²) in [5.74, 6) is 0. The Morgan fingerprint density at radius 1 is 1.25 bits per heavy atom. The van der Waals surface area contributed by atoms with Crippen molar-refractivity contribution in [2.24, 2.45) is 0 Å². The van der Waals surface area contributed by atoms with E-state index >= 15 is 0 Å². The van der Waals surface area contributed by atoms with Crippen molar-refractivity contribution in [1.82, 2.24) is 0 Å². The first-order valence-electron chi connectivity index (χ1n) is 2.64. The summed E-state index contributed by atoms with van der Waals surface area (Å²) < 4.78 is 0. The van der Waals surface area contributed by atoms with Crippen LogP contribution in [0.25, 0.3) is 0 Å². The van der Waals surface area contributed by atoms with E-state index in [9.17, 15) is 0 Å². The second-order valence-corrected chi connectivity index (χ2v) is 1.65. The molecule has 0 unspecified atom stereocenters. The zero-order chi connectivity index (χ0) is 5.11. The van der Waals surface area contributed by atoms with Crippen LogP contribution in [-0.4, -0.2) is 0 Å². The van der Waals surface area contributed by atoms with Gasteiger partial charge in [0, 0.05) is 32.7 Å². The van der Waals surface area contributed by atoms with Gasteiger partial charge in [0.2, 0.25) is 0 Å². The molecule has 0 amide bonds. The number of rotatable bonds is 1. The molecule has 1 rings (SSSR count). The Kier molecular flexibility index (Phi) is 4.59. The summed E-state index contributed by atoms with van der Waals surface area (Å²) in [6, 6.07) is 8.41. The maximum Gasteiger partial charge on any atom is 0 e. The van der Waals surface area contributed by atoms with E-state index in [0.717, 1.165) is 6.42 Å². The van der Waals surface area contributed by atoms with Crippen LogP contribution in [0.5, 0.6) is 0 Å². The summed E-state index contributed by atoms with van der Waals surface area (Å²) in [6.45, 7) is 2.16. The predicted octanol–water partition coefficient (Wildman–Crippen LogP) is 1.97. The molecule has 0 nitrogen and oxygen atoms in total. The quantitative estimate of drug-likeness (QED) is 0.582. The zero-order valence-electron chi connectivity index (χ0n) is 5.09. The van der Waals surface area contributed by atoms with Crippen LogP contribution in [0.15, 0.2) is 24.3 Å². The van der Waals surface area contributed by atoms with Gasteiger partial charge in [0.25, 0.3) is 0 Å². The van der Waals surface area contributed by atoms with Crippen LogP contribution in [0.1, 0.15) is 12.5 Å². The molecule has 1 aromatic rings. The minimum atomic E-state index is 0. The van der Waals surface area contributed by atoms with Crippen LogP contribution >= 0.6 is 0 Å². The fourth-order valence-electron chi connectivity index (χ4n) is 0.650. The molecule has 0 bridgehead atoms. The fraction of sp³-hybridized carbons (Fsp3) is 0.286. The second kappa shape index (κ2) is 4.34. The topological polar surface area (TPSA) is 0 Å². The van der Waals surface area contributed by atoms with Crippen molar-refractivity contribution in [2.75, 3.05) is 0 Å². The van der Waals surface area contributed by atoms with Crippen molar-refractivity contribution in [3.8, 4) is 0 Å². The van der Waals surface area contributed by atoms with Gasteiger partial charge in [-0.3, -0.25) is 0 Å². The largest absolute Gasteiger partial charge is 0.213 e. The third-order valence-corrected chi connectivity index (χ3v) is 1.14. The van der Waals surface area contributed by atoms with Gasteiger partial charge in [-0.2, -0.15) is 17.7 Å². The Balaban J connectivity index is 0.000000490. The Morgan fingerprint density at radius 2 is 1.75 bits per heavy atom. The van der Waals surface area contributed by atoms with Gasteiger partial charge in [-0.15, -0.1) is 0 Å². The molecule has 0 aromatic heterocycles. The zero-order valence-corrected chi connectivity index (χ0v) is 7.93. The van der Waals surface area contributed by atoms with Crippen molar-refractivity contribution >= 4 is 0 Å². The average molecular weight is 182 g/mol. The summed E-state index contributed by atoms with van der Waals surface area (Å²) in [7, 11) is 0. The van der Waals surface area contributed by atoms with E-state index in [1.807, 2.05) is 0 Å². The molecule has 1 radical (unpaired) electrons. The number of hydrogen-bond acceptors (Lipinski definition) is 0. The molecule has 1 aromatic carbocycles. The van der Waals surface area contributed by atoms with E-state index in [1.165, 1.54) is 5.56 Å².